The summed E-state index contributed by atoms with van der Waals surface area (Å²) >= 11 is 0. The van der Waals surface area contributed by atoms with Crippen molar-refractivity contribution in [2.45, 2.75) is 31.7 Å². The zero-order valence-electron chi connectivity index (χ0n) is 15.5. The molecule has 0 atom stereocenters. The molecule has 0 radical (unpaired) electrons. The molecule has 0 unspecified atom stereocenters. The SMILES string of the molecule is N#Cc1cccc(CN2CCC(c3nc(Cc4cccc(F)c4)no3)CC2)c1. The molecule has 0 bridgehead atoms. The molecule has 3 aromatic rings. The number of rotatable bonds is 5. The fourth-order valence-electron chi connectivity index (χ4n) is 3.67. The Labute approximate surface area is 163 Å². The molecule has 1 aliphatic rings. The standard InChI is InChI=1S/C22H21FN4O/c23-20-6-2-3-16(12-20)13-21-25-22(28-26-21)19-7-9-27(10-8-19)15-18-5-1-4-17(11-18)14-24/h1-6,11-12,19H,7-10,13,15H2. The second-order valence-electron chi connectivity index (χ2n) is 7.22. The number of halogens is 1. The van der Waals surface area contributed by atoms with Gasteiger partial charge in [-0.3, -0.25) is 4.90 Å². The minimum atomic E-state index is -0.256. The number of nitriles is 1. The molecule has 1 saturated heterocycles. The third-order valence-corrected chi connectivity index (χ3v) is 5.13. The van der Waals surface area contributed by atoms with Gasteiger partial charge in [-0.1, -0.05) is 29.4 Å². The first-order chi connectivity index (χ1) is 13.7. The summed E-state index contributed by atoms with van der Waals surface area (Å²) in [4.78, 5) is 6.92. The van der Waals surface area contributed by atoms with Crippen molar-refractivity contribution in [3.63, 3.8) is 0 Å². The molecule has 28 heavy (non-hydrogen) atoms. The van der Waals surface area contributed by atoms with Gasteiger partial charge in [0, 0.05) is 18.9 Å². The number of nitrogens with zero attached hydrogens (tertiary/aromatic N) is 4. The molecule has 6 heteroatoms. The highest BCUT2D eigenvalue weighted by atomic mass is 19.1. The second-order valence-corrected chi connectivity index (χ2v) is 7.22. The van der Waals surface area contributed by atoms with Crippen LogP contribution in [0.25, 0.3) is 0 Å². The van der Waals surface area contributed by atoms with Crippen LogP contribution in [0.3, 0.4) is 0 Å². The van der Waals surface area contributed by atoms with Crippen molar-refractivity contribution in [3.8, 4) is 6.07 Å². The topological polar surface area (TPSA) is 66.0 Å². The predicted octanol–water partition coefficient (Wildman–Crippen LogP) is 4.05. The average Bonchev–Trinajstić information content (AvgIpc) is 3.17. The van der Waals surface area contributed by atoms with Gasteiger partial charge >= 0.3 is 0 Å². The molecule has 1 aliphatic heterocycles. The van der Waals surface area contributed by atoms with Gasteiger partial charge in [0.05, 0.1) is 11.6 Å². The summed E-state index contributed by atoms with van der Waals surface area (Å²) < 4.78 is 18.8. The maximum Gasteiger partial charge on any atom is 0.229 e. The molecular weight excluding hydrogens is 355 g/mol. The Morgan fingerprint density at radius 1 is 1.11 bits per heavy atom. The molecule has 1 aromatic heterocycles. The van der Waals surface area contributed by atoms with Crippen molar-refractivity contribution in [2.24, 2.45) is 0 Å². The van der Waals surface area contributed by atoms with Gasteiger partial charge in [0.15, 0.2) is 5.82 Å². The van der Waals surface area contributed by atoms with Gasteiger partial charge < -0.3 is 4.52 Å². The molecule has 4 rings (SSSR count). The lowest BCUT2D eigenvalue weighted by Crippen LogP contribution is -2.32. The Kier molecular flexibility index (Phi) is 5.45. The summed E-state index contributed by atoms with van der Waals surface area (Å²) in [7, 11) is 0. The van der Waals surface area contributed by atoms with Crippen LogP contribution in [0.1, 0.15) is 47.2 Å². The Hall–Kier alpha value is -3.04. The van der Waals surface area contributed by atoms with Crippen LogP contribution in [0.4, 0.5) is 4.39 Å². The zero-order valence-corrected chi connectivity index (χ0v) is 15.5. The van der Waals surface area contributed by atoms with Crippen LogP contribution >= 0.6 is 0 Å². The first-order valence-electron chi connectivity index (χ1n) is 9.48. The minimum Gasteiger partial charge on any atom is -0.339 e. The zero-order chi connectivity index (χ0) is 19.3. The molecule has 2 aromatic carbocycles. The van der Waals surface area contributed by atoms with Crippen LogP contribution in [0, 0.1) is 17.1 Å². The number of hydrogen-bond acceptors (Lipinski definition) is 5. The average molecular weight is 376 g/mol. The Bertz CT molecular complexity index is 986. The fourth-order valence-corrected chi connectivity index (χ4v) is 3.67. The molecule has 0 aliphatic carbocycles. The van der Waals surface area contributed by atoms with Gasteiger partial charge in [-0.05, 0) is 61.3 Å². The van der Waals surface area contributed by atoms with E-state index in [-0.39, 0.29) is 11.7 Å². The molecule has 2 heterocycles. The van der Waals surface area contributed by atoms with E-state index in [1.165, 1.54) is 12.1 Å². The maximum atomic E-state index is 13.3. The highest BCUT2D eigenvalue weighted by molar-refractivity contribution is 5.32. The monoisotopic (exact) mass is 376 g/mol. The molecule has 0 amide bonds. The Morgan fingerprint density at radius 3 is 2.68 bits per heavy atom. The number of piperidine rings is 1. The summed E-state index contributed by atoms with van der Waals surface area (Å²) in [6.07, 6.45) is 2.38. The summed E-state index contributed by atoms with van der Waals surface area (Å²) in [6, 6.07) is 16.4. The van der Waals surface area contributed by atoms with Gasteiger partial charge in [0.1, 0.15) is 5.82 Å². The van der Waals surface area contributed by atoms with E-state index in [2.05, 4.69) is 27.2 Å². The van der Waals surface area contributed by atoms with Gasteiger partial charge in [-0.2, -0.15) is 10.2 Å². The quantitative estimate of drug-likeness (QED) is 0.672. The summed E-state index contributed by atoms with van der Waals surface area (Å²) in [5, 5.41) is 13.1. The number of benzene rings is 2. The van der Waals surface area contributed by atoms with Crippen LogP contribution in [-0.4, -0.2) is 28.1 Å². The molecule has 142 valence electrons. The minimum absolute atomic E-state index is 0.256. The lowest BCUT2D eigenvalue weighted by molar-refractivity contribution is 0.187. The Balaban J connectivity index is 1.32. The van der Waals surface area contributed by atoms with Crippen LogP contribution in [0.2, 0.25) is 0 Å². The van der Waals surface area contributed by atoms with E-state index in [1.807, 2.05) is 24.3 Å². The molecule has 0 spiro atoms. The largest absolute Gasteiger partial charge is 0.339 e. The van der Waals surface area contributed by atoms with Crippen LogP contribution in [-0.2, 0) is 13.0 Å². The van der Waals surface area contributed by atoms with Crippen molar-refractivity contribution in [3.05, 3.63) is 82.8 Å². The van der Waals surface area contributed by atoms with Crippen LogP contribution in [0.15, 0.2) is 53.1 Å². The van der Waals surface area contributed by atoms with Crippen LogP contribution < -0.4 is 0 Å². The lowest BCUT2D eigenvalue weighted by Gasteiger charge is -2.30. The molecule has 1 fully saturated rings. The van der Waals surface area contributed by atoms with E-state index in [0.717, 1.165) is 43.6 Å². The van der Waals surface area contributed by atoms with Crippen molar-refractivity contribution < 1.29 is 8.91 Å². The first-order valence-corrected chi connectivity index (χ1v) is 9.48. The number of aromatic nitrogens is 2. The highest BCUT2D eigenvalue weighted by Crippen LogP contribution is 2.28. The maximum absolute atomic E-state index is 13.3. The van der Waals surface area contributed by atoms with E-state index in [9.17, 15) is 4.39 Å². The number of hydrogen-bond donors (Lipinski definition) is 0. The fraction of sp³-hybridized carbons (Fsp3) is 0.318. The summed E-state index contributed by atoms with van der Waals surface area (Å²) in [5.41, 5.74) is 2.69. The van der Waals surface area contributed by atoms with Gasteiger partial charge in [0.2, 0.25) is 5.89 Å². The van der Waals surface area contributed by atoms with Crippen molar-refractivity contribution in [2.75, 3.05) is 13.1 Å². The lowest BCUT2D eigenvalue weighted by atomic mass is 9.96. The Morgan fingerprint density at radius 2 is 1.89 bits per heavy atom. The van der Waals surface area contributed by atoms with Crippen molar-refractivity contribution >= 4 is 0 Å². The van der Waals surface area contributed by atoms with Crippen LogP contribution in [0.5, 0.6) is 0 Å². The third-order valence-electron chi connectivity index (χ3n) is 5.13. The first kappa shape index (κ1) is 18.3. The van der Waals surface area contributed by atoms with E-state index in [0.29, 0.717) is 23.7 Å². The molecular formula is C22H21FN4O. The van der Waals surface area contributed by atoms with E-state index in [1.54, 1.807) is 6.07 Å². The van der Waals surface area contributed by atoms with Gasteiger partial charge in [-0.15, -0.1) is 0 Å². The van der Waals surface area contributed by atoms with Gasteiger partial charge in [-0.25, -0.2) is 4.39 Å². The second kappa shape index (κ2) is 8.32. The van der Waals surface area contributed by atoms with E-state index < -0.39 is 0 Å². The third kappa shape index (κ3) is 4.44. The highest BCUT2D eigenvalue weighted by Gasteiger charge is 2.25. The number of likely N-dealkylation sites (tertiary alicyclic amines) is 1. The molecule has 5 nitrogen and oxygen atoms in total. The van der Waals surface area contributed by atoms with E-state index in [4.69, 9.17) is 9.78 Å². The predicted molar refractivity (Wildman–Crippen MR) is 102 cm³/mol. The smallest absolute Gasteiger partial charge is 0.229 e. The van der Waals surface area contributed by atoms with Crippen molar-refractivity contribution in [1.82, 2.24) is 15.0 Å². The summed E-state index contributed by atoms with van der Waals surface area (Å²) in [5.74, 6) is 1.28. The van der Waals surface area contributed by atoms with Gasteiger partial charge in [0.25, 0.3) is 0 Å². The molecule has 0 saturated carbocycles. The molecule has 0 N–H and O–H groups in total. The summed E-state index contributed by atoms with van der Waals surface area (Å²) in [6.45, 7) is 2.74. The van der Waals surface area contributed by atoms with E-state index >= 15 is 0 Å². The normalized spacial score (nSPS) is 15.4. The van der Waals surface area contributed by atoms with Crippen molar-refractivity contribution in [1.29, 1.82) is 5.26 Å².